The highest BCUT2D eigenvalue weighted by Crippen LogP contribution is 2.15. The molecule has 1 aromatic heterocycles. The molecule has 0 bridgehead atoms. The van der Waals surface area contributed by atoms with Gasteiger partial charge in [0.15, 0.2) is 4.67 Å². The Balaban J connectivity index is 1.89. The average Bonchev–Trinajstić information content (AvgIpc) is 2.90. The van der Waals surface area contributed by atoms with Gasteiger partial charge in [0.2, 0.25) is 5.91 Å². The van der Waals surface area contributed by atoms with Crippen LogP contribution in [0.5, 0.6) is 0 Å². The van der Waals surface area contributed by atoms with Gasteiger partial charge in [-0.25, -0.2) is 0 Å². The van der Waals surface area contributed by atoms with E-state index in [4.69, 9.17) is 9.15 Å². The first-order chi connectivity index (χ1) is 10.1. The summed E-state index contributed by atoms with van der Waals surface area (Å²) in [4.78, 5) is 25.0. The number of carbonyl (C=O) groups is 2. The highest BCUT2D eigenvalue weighted by molar-refractivity contribution is 9.10. The van der Waals surface area contributed by atoms with Crippen molar-refractivity contribution in [3.05, 3.63) is 28.6 Å². The quantitative estimate of drug-likeness (QED) is 0.607. The van der Waals surface area contributed by atoms with Crippen molar-refractivity contribution in [2.75, 3.05) is 26.8 Å². The monoisotopic (exact) mass is 357 g/mol. The van der Waals surface area contributed by atoms with E-state index in [-0.39, 0.29) is 24.4 Å². The average molecular weight is 358 g/mol. The fourth-order valence-electron chi connectivity index (χ4n) is 1.99. The Labute approximate surface area is 130 Å². The van der Waals surface area contributed by atoms with Gasteiger partial charge in [0.1, 0.15) is 5.76 Å². The lowest BCUT2D eigenvalue weighted by molar-refractivity contribution is -0.148. The molecule has 0 saturated carbocycles. The van der Waals surface area contributed by atoms with Gasteiger partial charge < -0.3 is 18.8 Å². The number of methoxy groups -OCH3 is 1. The largest absolute Gasteiger partial charge is 0.469 e. The van der Waals surface area contributed by atoms with Gasteiger partial charge in [-0.15, -0.1) is 0 Å². The number of nitrogens with zero attached hydrogens (tertiary/aromatic N) is 1. The van der Waals surface area contributed by atoms with Crippen molar-refractivity contribution in [3.8, 4) is 0 Å². The van der Waals surface area contributed by atoms with E-state index in [9.17, 15) is 9.59 Å². The van der Waals surface area contributed by atoms with Crippen LogP contribution in [-0.4, -0.2) is 49.7 Å². The van der Waals surface area contributed by atoms with E-state index in [0.29, 0.717) is 30.1 Å². The van der Waals surface area contributed by atoms with E-state index < -0.39 is 0 Å². The molecule has 114 valence electrons. The highest BCUT2D eigenvalue weighted by atomic mass is 79.9. The molecule has 1 amide bonds. The summed E-state index contributed by atoms with van der Waals surface area (Å²) in [6.45, 7) is 1.29. The summed E-state index contributed by atoms with van der Waals surface area (Å²) in [6.07, 6.45) is 2.89. The zero-order valence-electron chi connectivity index (χ0n) is 11.6. The first-order valence-corrected chi connectivity index (χ1v) is 7.28. The van der Waals surface area contributed by atoms with Crippen LogP contribution in [0.4, 0.5) is 0 Å². The smallest absolute Gasteiger partial charge is 0.308 e. The first-order valence-electron chi connectivity index (χ1n) is 6.49. The Bertz CT molecular complexity index is 539. The van der Waals surface area contributed by atoms with Crippen molar-refractivity contribution in [2.45, 2.75) is 12.5 Å². The molecule has 1 unspecified atom stereocenters. The van der Waals surface area contributed by atoms with Crippen molar-refractivity contribution in [1.29, 1.82) is 0 Å². The van der Waals surface area contributed by atoms with Crippen LogP contribution in [0, 0.1) is 0 Å². The minimum absolute atomic E-state index is 0.138. The topological polar surface area (TPSA) is 69.0 Å². The summed E-state index contributed by atoms with van der Waals surface area (Å²) < 4.78 is 15.9. The Hall–Kier alpha value is -1.60. The molecule has 1 atom stereocenters. The van der Waals surface area contributed by atoms with E-state index in [2.05, 4.69) is 20.7 Å². The SMILES string of the molecule is COC(=O)CC1CN(C(=O)/C=C/c2ccc(Br)o2)CCO1. The lowest BCUT2D eigenvalue weighted by Crippen LogP contribution is -2.45. The summed E-state index contributed by atoms with van der Waals surface area (Å²) in [5.74, 6) is 0.112. The van der Waals surface area contributed by atoms with Crippen LogP contribution in [0.3, 0.4) is 0 Å². The number of carbonyl (C=O) groups excluding carboxylic acids is 2. The third kappa shape index (κ3) is 4.71. The third-order valence-electron chi connectivity index (χ3n) is 3.06. The van der Waals surface area contributed by atoms with Gasteiger partial charge in [-0.1, -0.05) is 0 Å². The maximum atomic E-state index is 12.1. The van der Waals surface area contributed by atoms with Crippen LogP contribution in [0.2, 0.25) is 0 Å². The van der Waals surface area contributed by atoms with Gasteiger partial charge in [0.05, 0.1) is 26.2 Å². The van der Waals surface area contributed by atoms with Crippen LogP contribution in [-0.2, 0) is 19.1 Å². The van der Waals surface area contributed by atoms with Crippen molar-refractivity contribution < 1.29 is 23.5 Å². The summed E-state index contributed by atoms with van der Waals surface area (Å²) in [5, 5.41) is 0. The molecule has 0 aliphatic carbocycles. The number of hydrogen-bond donors (Lipinski definition) is 0. The molecule has 0 aromatic carbocycles. The highest BCUT2D eigenvalue weighted by Gasteiger charge is 2.25. The van der Waals surface area contributed by atoms with Gasteiger partial charge in [0.25, 0.3) is 0 Å². The molecule has 0 radical (unpaired) electrons. The first kappa shape index (κ1) is 15.8. The minimum Gasteiger partial charge on any atom is -0.469 e. The van der Waals surface area contributed by atoms with Gasteiger partial charge in [-0.2, -0.15) is 0 Å². The van der Waals surface area contributed by atoms with Gasteiger partial charge >= 0.3 is 5.97 Å². The fourth-order valence-corrected chi connectivity index (χ4v) is 2.31. The zero-order valence-corrected chi connectivity index (χ0v) is 13.2. The third-order valence-corrected chi connectivity index (χ3v) is 3.48. The normalized spacial score (nSPS) is 19.0. The van der Waals surface area contributed by atoms with E-state index in [1.54, 1.807) is 23.1 Å². The van der Waals surface area contributed by atoms with Crippen LogP contribution in [0.25, 0.3) is 6.08 Å². The number of amides is 1. The van der Waals surface area contributed by atoms with Crippen molar-refractivity contribution in [1.82, 2.24) is 4.90 Å². The Kier molecular flexibility index (Phi) is 5.58. The van der Waals surface area contributed by atoms with Crippen molar-refractivity contribution in [3.63, 3.8) is 0 Å². The van der Waals surface area contributed by atoms with Crippen LogP contribution in [0.15, 0.2) is 27.3 Å². The molecule has 0 spiro atoms. The number of esters is 1. The van der Waals surface area contributed by atoms with Gasteiger partial charge in [-0.3, -0.25) is 9.59 Å². The van der Waals surface area contributed by atoms with Crippen LogP contribution >= 0.6 is 15.9 Å². The number of hydrogen-bond acceptors (Lipinski definition) is 5. The molecular weight excluding hydrogens is 342 g/mol. The molecule has 1 fully saturated rings. The van der Waals surface area contributed by atoms with E-state index in [1.165, 1.54) is 13.2 Å². The van der Waals surface area contributed by atoms with E-state index in [0.717, 1.165) is 0 Å². The number of ether oxygens (including phenoxy) is 2. The number of furan rings is 1. The lowest BCUT2D eigenvalue weighted by atomic mass is 10.2. The van der Waals surface area contributed by atoms with Gasteiger partial charge in [-0.05, 0) is 34.1 Å². The zero-order chi connectivity index (χ0) is 15.2. The predicted octanol–water partition coefficient (Wildman–Crippen LogP) is 1.85. The molecule has 1 saturated heterocycles. The molecule has 1 aliphatic rings. The predicted molar refractivity (Wildman–Crippen MR) is 78.4 cm³/mol. The number of rotatable bonds is 4. The molecule has 1 aromatic rings. The molecule has 21 heavy (non-hydrogen) atoms. The second-order valence-corrected chi connectivity index (χ2v) is 5.31. The molecular formula is C14H16BrNO5. The number of halogens is 1. The maximum absolute atomic E-state index is 12.1. The van der Waals surface area contributed by atoms with Crippen LogP contribution < -0.4 is 0 Å². The van der Waals surface area contributed by atoms with E-state index >= 15 is 0 Å². The molecule has 0 N–H and O–H groups in total. The molecule has 1 aliphatic heterocycles. The Morgan fingerprint density at radius 1 is 1.52 bits per heavy atom. The van der Waals surface area contributed by atoms with Gasteiger partial charge in [0, 0.05) is 19.2 Å². The lowest BCUT2D eigenvalue weighted by Gasteiger charge is -2.31. The van der Waals surface area contributed by atoms with E-state index in [1.807, 2.05) is 0 Å². The number of morpholine rings is 1. The molecule has 6 nitrogen and oxygen atoms in total. The second-order valence-electron chi connectivity index (χ2n) is 4.53. The Morgan fingerprint density at radius 3 is 3.00 bits per heavy atom. The minimum atomic E-state index is -0.342. The molecule has 2 heterocycles. The van der Waals surface area contributed by atoms with Crippen molar-refractivity contribution >= 4 is 33.9 Å². The fraction of sp³-hybridized carbons (Fsp3) is 0.429. The standard InChI is InChI=1S/C14H16BrNO5/c1-19-14(18)8-11-9-16(6-7-20-11)13(17)5-3-10-2-4-12(15)21-10/h2-5,11H,6-9H2,1H3/b5-3+. The molecule has 2 rings (SSSR count). The van der Waals surface area contributed by atoms with Crippen molar-refractivity contribution in [2.24, 2.45) is 0 Å². The maximum Gasteiger partial charge on any atom is 0.308 e. The summed E-state index contributed by atoms with van der Waals surface area (Å²) in [7, 11) is 1.33. The van der Waals surface area contributed by atoms with Crippen LogP contribution in [0.1, 0.15) is 12.2 Å². The summed E-state index contributed by atoms with van der Waals surface area (Å²) in [6, 6.07) is 3.51. The second kappa shape index (κ2) is 7.42. The summed E-state index contributed by atoms with van der Waals surface area (Å²) in [5.41, 5.74) is 0. The molecule has 7 heteroatoms. The summed E-state index contributed by atoms with van der Waals surface area (Å²) >= 11 is 3.20. The Morgan fingerprint density at radius 2 is 2.33 bits per heavy atom.